The van der Waals surface area contributed by atoms with Crippen LogP contribution >= 0.6 is 15.9 Å². The first-order valence-electron chi connectivity index (χ1n) is 6.99. The lowest BCUT2D eigenvalue weighted by molar-refractivity contribution is -0.385. The molecule has 0 spiro atoms. The highest BCUT2D eigenvalue weighted by Crippen LogP contribution is 2.37. The molecule has 1 heterocycles. The van der Waals surface area contributed by atoms with Crippen LogP contribution in [-0.2, 0) is 0 Å². The second-order valence-corrected chi connectivity index (χ2v) is 5.82. The van der Waals surface area contributed by atoms with Crippen LogP contribution < -0.4 is 9.47 Å². The molecule has 2 rings (SSSR count). The number of benzene rings is 1. The minimum Gasteiger partial charge on any atom is -0.493 e. The van der Waals surface area contributed by atoms with Gasteiger partial charge in [-0.3, -0.25) is 10.1 Å². The van der Waals surface area contributed by atoms with E-state index in [2.05, 4.69) is 20.8 Å². The molecule has 1 aliphatic rings. The molecule has 0 radical (unpaired) electrons. The van der Waals surface area contributed by atoms with Crippen molar-refractivity contribution in [2.75, 3.05) is 33.4 Å². The molecule has 0 unspecified atom stereocenters. The van der Waals surface area contributed by atoms with Crippen molar-refractivity contribution in [3.63, 3.8) is 0 Å². The molecule has 1 aromatic rings. The van der Waals surface area contributed by atoms with Crippen LogP contribution in [0.15, 0.2) is 16.6 Å². The average Bonchev–Trinajstić information content (AvgIpc) is 2.97. The van der Waals surface area contributed by atoms with Gasteiger partial charge in [0.05, 0.1) is 29.2 Å². The van der Waals surface area contributed by atoms with E-state index < -0.39 is 4.92 Å². The van der Waals surface area contributed by atoms with Crippen LogP contribution in [0.4, 0.5) is 5.69 Å². The van der Waals surface area contributed by atoms with E-state index in [0.29, 0.717) is 22.6 Å². The van der Waals surface area contributed by atoms with Crippen molar-refractivity contribution in [2.24, 2.45) is 0 Å². The summed E-state index contributed by atoms with van der Waals surface area (Å²) in [7, 11) is 1.52. The maximum absolute atomic E-state index is 11.0. The van der Waals surface area contributed by atoms with Crippen LogP contribution in [0.3, 0.4) is 0 Å². The van der Waals surface area contributed by atoms with Crippen molar-refractivity contribution >= 4 is 21.6 Å². The fraction of sp³-hybridized carbons (Fsp3) is 0.571. The first kappa shape index (κ1) is 16.0. The van der Waals surface area contributed by atoms with Gasteiger partial charge < -0.3 is 14.4 Å². The third kappa shape index (κ3) is 4.31. The maximum atomic E-state index is 11.0. The Hall–Kier alpha value is -1.34. The Morgan fingerprint density at radius 2 is 2.05 bits per heavy atom. The van der Waals surface area contributed by atoms with E-state index in [0.717, 1.165) is 26.1 Å². The zero-order valence-corrected chi connectivity index (χ0v) is 13.6. The number of ether oxygens (including phenoxy) is 2. The van der Waals surface area contributed by atoms with Crippen molar-refractivity contribution in [3.05, 3.63) is 26.7 Å². The Bertz CT molecular complexity index is 504. The molecule has 1 aromatic carbocycles. The number of hydrogen-bond donors (Lipinski definition) is 0. The van der Waals surface area contributed by atoms with Gasteiger partial charge in [-0.15, -0.1) is 0 Å². The van der Waals surface area contributed by atoms with Gasteiger partial charge in [-0.1, -0.05) is 0 Å². The van der Waals surface area contributed by atoms with Gasteiger partial charge in [0.2, 0.25) is 0 Å². The molecule has 21 heavy (non-hydrogen) atoms. The number of rotatable bonds is 7. The van der Waals surface area contributed by atoms with Crippen molar-refractivity contribution in [2.45, 2.75) is 19.3 Å². The summed E-state index contributed by atoms with van der Waals surface area (Å²) in [6.45, 7) is 3.84. The summed E-state index contributed by atoms with van der Waals surface area (Å²) in [5, 5.41) is 11.0. The highest BCUT2D eigenvalue weighted by molar-refractivity contribution is 9.10. The highest BCUT2D eigenvalue weighted by Gasteiger charge is 2.18. The third-order valence-corrected chi connectivity index (χ3v) is 4.14. The van der Waals surface area contributed by atoms with Gasteiger partial charge in [0.25, 0.3) is 5.69 Å². The Labute approximate surface area is 132 Å². The lowest BCUT2D eigenvalue weighted by atomic mass is 10.3. The zero-order valence-electron chi connectivity index (χ0n) is 12.0. The van der Waals surface area contributed by atoms with Gasteiger partial charge in [-0.05, 0) is 48.3 Å². The second-order valence-electron chi connectivity index (χ2n) is 4.96. The summed E-state index contributed by atoms with van der Waals surface area (Å²) < 4.78 is 11.2. The molecule has 0 amide bonds. The molecule has 0 saturated carbocycles. The predicted octanol–water partition coefficient (Wildman–Crippen LogP) is 3.23. The normalized spacial score (nSPS) is 15.1. The van der Waals surface area contributed by atoms with Crippen LogP contribution in [0.25, 0.3) is 0 Å². The second kappa shape index (κ2) is 7.61. The van der Waals surface area contributed by atoms with E-state index in [-0.39, 0.29) is 5.69 Å². The molecule has 0 aliphatic carbocycles. The van der Waals surface area contributed by atoms with E-state index in [1.165, 1.54) is 26.0 Å². The Kier molecular flexibility index (Phi) is 5.81. The van der Waals surface area contributed by atoms with Gasteiger partial charge in [-0.2, -0.15) is 0 Å². The molecule has 0 N–H and O–H groups in total. The molecule has 116 valence electrons. The van der Waals surface area contributed by atoms with Gasteiger partial charge in [0, 0.05) is 12.6 Å². The summed E-state index contributed by atoms with van der Waals surface area (Å²) in [6, 6.07) is 2.96. The van der Waals surface area contributed by atoms with Crippen LogP contribution in [0, 0.1) is 10.1 Å². The monoisotopic (exact) mass is 358 g/mol. The van der Waals surface area contributed by atoms with Crippen LogP contribution in [-0.4, -0.2) is 43.2 Å². The van der Waals surface area contributed by atoms with E-state index in [1.54, 1.807) is 6.07 Å². The number of nitro benzene ring substituents is 1. The smallest absolute Gasteiger partial charge is 0.287 e. The topological polar surface area (TPSA) is 64.8 Å². The van der Waals surface area contributed by atoms with Gasteiger partial charge >= 0.3 is 0 Å². The largest absolute Gasteiger partial charge is 0.493 e. The van der Waals surface area contributed by atoms with Gasteiger partial charge in [0.1, 0.15) is 0 Å². The summed E-state index contributed by atoms with van der Waals surface area (Å²) in [5.74, 6) is 0.905. The third-order valence-electron chi connectivity index (χ3n) is 3.50. The van der Waals surface area contributed by atoms with Crippen molar-refractivity contribution in [3.8, 4) is 11.5 Å². The number of nitro groups is 1. The number of halogens is 1. The fourth-order valence-electron chi connectivity index (χ4n) is 2.41. The van der Waals surface area contributed by atoms with E-state index in [1.807, 2.05) is 0 Å². The van der Waals surface area contributed by atoms with Crippen molar-refractivity contribution in [1.82, 2.24) is 4.90 Å². The van der Waals surface area contributed by atoms with Crippen molar-refractivity contribution < 1.29 is 14.4 Å². The summed E-state index contributed by atoms with van der Waals surface area (Å²) >= 11 is 3.17. The molecule has 7 heteroatoms. The minimum absolute atomic E-state index is 0.0228. The molecule has 0 atom stereocenters. The average molecular weight is 359 g/mol. The summed E-state index contributed by atoms with van der Waals surface area (Å²) in [6.07, 6.45) is 3.44. The molecule has 0 bridgehead atoms. The first-order valence-corrected chi connectivity index (χ1v) is 7.78. The molecule has 1 saturated heterocycles. The molecule has 0 aromatic heterocycles. The van der Waals surface area contributed by atoms with Crippen LogP contribution in [0.1, 0.15) is 19.3 Å². The van der Waals surface area contributed by atoms with E-state index >= 15 is 0 Å². The van der Waals surface area contributed by atoms with Gasteiger partial charge in [0.15, 0.2) is 11.5 Å². The summed E-state index contributed by atoms with van der Waals surface area (Å²) in [4.78, 5) is 12.9. The molecule has 1 aliphatic heterocycles. The fourth-order valence-corrected chi connectivity index (χ4v) is 2.88. The number of hydrogen-bond acceptors (Lipinski definition) is 5. The molecular weight excluding hydrogens is 340 g/mol. The SMILES string of the molecule is COc1cc(Br)c([N+](=O)[O-])cc1OCCCN1CCCC1. The standard InChI is InChI=1S/C14H19BrN2O4/c1-20-13-9-11(15)12(17(18)19)10-14(13)21-8-4-7-16-5-2-3-6-16/h9-10H,2-8H2,1H3. The number of likely N-dealkylation sites (tertiary alicyclic amines) is 1. The Morgan fingerprint density at radius 1 is 1.33 bits per heavy atom. The first-order chi connectivity index (χ1) is 10.1. The molecular formula is C14H19BrN2O4. The molecule has 6 nitrogen and oxygen atoms in total. The van der Waals surface area contributed by atoms with E-state index in [9.17, 15) is 10.1 Å². The summed E-state index contributed by atoms with van der Waals surface area (Å²) in [5.41, 5.74) is -0.0228. The quantitative estimate of drug-likeness (QED) is 0.425. The lowest BCUT2D eigenvalue weighted by Gasteiger charge is -2.15. The highest BCUT2D eigenvalue weighted by atomic mass is 79.9. The van der Waals surface area contributed by atoms with Crippen LogP contribution in [0.2, 0.25) is 0 Å². The lowest BCUT2D eigenvalue weighted by Crippen LogP contribution is -2.21. The number of methoxy groups -OCH3 is 1. The van der Waals surface area contributed by atoms with Crippen LogP contribution in [0.5, 0.6) is 11.5 Å². The van der Waals surface area contributed by atoms with E-state index in [4.69, 9.17) is 9.47 Å². The molecule has 1 fully saturated rings. The maximum Gasteiger partial charge on any atom is 0.287 e. The minimum atomic E-state index is -0.444. The number of nitrogens with zero attached hydrogens (tertiary/aromatic N) is 2. The van der Waals surface area contributed by atoms with Gasteiger partial charge in [-0.25, -0.2) is 0 Å². The van der Waals surface area contributed by atoms with Crippen molar-refractivity contribution in [1.29, 1.82) is 0 Å². The Morgan fingerprint density at radius 3 is 2.67 bits per heavy atom. The zero-order chi connectivity index (χ0) is 15.2. The Balaban J connectivity index is 1.94. The predicted molar refractivity (Wildman–Crippen MR) is 83.1 cm³/mol.